The van der Waals surface area contributed by atoms with Crippen LogP contribution >= 0.6 is 0 Å². The van der Waals surface area contributed by atoms with E-state index in [2.05, 4.69) is 12.1 Å². The van der Waals surface area contributed by atoms with Crippen LogP contribution in [0.1, 0.15) is 59.5 Å². The van der Waals surface area contributed by atoms with Gasteiger partial charge in [0.05, 0.1) is 5.56 Å². The average molecular weight is 310 g/mol. The summed E-state index contributed by atoms with van der Waals surface area (Å²) >= 11 is 0. The lowest BCUT2D eigenvalue weighted by Gasteiger charge is -2.22. The third kappa shape index (κ3) is 4.13. The fourth-order valence-corrected chi connectivity index (χ4v) is 3.18. The van der Waals surface area contributed by atoms with Crippen LogP contribution in [0.3, 0.4) is 0 Å². The molecule has 0 spiro atoms. The van der Waals surface area contributed by atoms with Crippen molar-refractivity contribution in [2.24, 2.45) is 0 Å². The Hall–Kier alpha value is -2.29. The molecule has 1 aliphatic carbocycles. The van der Waals surface area contributed by atoms with Crippen molar-refractivity contribution in [3.63, 3.8) is 0 Å². The summed E-state index contributed by atoms with van der Waals surface area (Å²) in [6.07, 6.45) is 6.66. The highest BCUT2D eigenvalue weighted by Gasteiger charge is 2.15. The van der Waals surface area contributed by atoms with Crippen LogP contribution < -0.4 is 4.74 Å². The van der Waals surface area contributed by atoms with Gasteiger partial charge in [-0.2, -0.15) is 0 Å². The van der Waals surface area contributed by atoms with Gasteiger partial charge in [0.2, 0.25) is 0 Å². The van der Waals surface area contributed by atoms with Gasteiger partial charge < -0.3 is 9.84 Å². The van der Waals surface area contributed by atoms with Gasteiger partial charge in [0.25, 0.3) is 0 Å². The second-order valence-corrected chi connectivity index (χ2v) is 6.19. The predicted molar refractivity (Wildman–Crippen MR) is 90.0 cm³/mol. The molecule has 120 valence electrons. The molecular formula is C20H22O3. The Morgan fingerprint density at radius 1 is 0.957 bits per heavy atom. The Balaban J connectivity index is 1.56. The van der Waals surface area contributed by atoms with E-state index in [9.17, 15) is 4.79 Å². The Labute approximate surface area is 136 Å². The van der Waals surface area contributed by atoms with Crippen molar-refractivity contribution in [3.05, 3.63) is 65.2 Å². The summed E-state index contributed by atoms with van der Waals surface area (Å²) in [5, 5.41) is 8.89. The number of carboxylic acids is 1. The maximum absolute atomic E-state index is 10.8. The number of hydrogen-bond donors (Lipinski definition) is 1. The molecule has 0 aromatic heterocycles. The first-order valence-electron chi connectivity index (χ1n) is 8.27. The van der Waals surface area contributed by atoms with Crippen molar-refractivity contribution >= 4 is 5.97 Å². The van der Waals surface area contributed by atoms with E-state index in [1.165, 1.54) is 37.7 Å². The zero-order valence-electron chi connectivity index (χ0n) is 13.2. The van der Waals surface area contributed by atoms with Crippen LogP contribution in [0.2, 0.25) is 0 Å². The van der Waals surface area contributed by atoms with Crippen LogP contribution in [0, 0.1) is 0 Å². The summed E-state index contributed by atoms with van der Waals surface area (Å²) in [7, 11) is 0. The van der Waals surface area contributed by atoms with E-state index in [0.717, 1.165) is 11.3 Å². The molecule has 0 saturated heterocycles. The van der Waals surface area contributed by atoms with Crippen LogP contribution in [0.5, 0.6) is 5.75 Å². The van der Waals surface area contributed by atoms with E-state index >= 15 is 0 Å². The van der Waals surface area contributed by atoms with E-state index in [4.69, 9.17) is 9.84 Å². The number of hydrogen-bond acceptors (Lipinski definition) is 2. The van der Waals surface area contributed by atoms with Crippen molar-refractivity contribution in [3.8, 4) is 5.75 Å². The number of benzene rings is 2. The molecule has 23 heavy (non-hydrogen) atoms. The predicted octanol–water partition coefficient (Wildman–Crippen LogP) is 5.01. The topological polar surface area (TPSA) is 46.5 Å². The summed E-state index contributed by atoms with van der Waals surface area (Å²) in [5.74, 6) is 0.656. The third-order valence-corrected chi connectivity index (χ3v) is 4.56. The monoisotopic (exact) mass is 310 g/mol. The number of aromatic carboxylic acids is 1. The van der Waals surface area contributed by atoms with Gasteiger partial charge in [0.15, 0.2) is 0 Å². The lowest BCUT2D eigenvalue weighted by molar-refractivity contribution is 0.0697. The molecule has 0 atom stereocenters. The fourth-order valence-electron chi connectivity index (χ4n) is 3.18. The van der Waals surface area contributed by atoms with Gasteiger partial charge in [0, 0.05) is 0 Å². The Morgan fingerprint density at radius 3 is 2.22 bits per heavy atom. The highest BCUT2D eigenvalue weighted by molar-refractivity contribution is 5.87. The normalized spacial score (nSPS) is 15.3. The van der Waals surface area contributed by atoms with Crippen LogP contribution in [-0.2, 0) is 6.61 Å². The highest BCUT2D eigenvalue weighted by atomic mass is 16.5. The van der Waals surface area contributed by atoms with E-state index in [1.807, 2.05) is 12.1 Å². The summed E-state index contributed by atoms with van der Waals surface area (Å²) in [4.78, 5) is 10.8. The second-order valence-electron chi connectivity index (χ2n) is 6.19. The van der Waals surface area contributed by atoms with Crippen molar-refractivity contribution in [1.29, 1.82) is 0 Å². The second kappa shape index (κ2) is 7.32. The van der Waals surface area contributed by atoms with E-state index < -0.39 is 5.97 Å². The van der Waals surface area contributed by atoms with Gasteiger partial charge in [-0.1, -0.05) is 43.5 Å². The summed E-state index contributed by atoms with van der Waals surface area (Å²) in [6, 6.07) is 15.2. The van der Waals surface area contributed by atoms with Gasteiger partial charge in [-0.15, -0.1) is 0 Å². The molecular weight excluding hydrogens is 288 g/mol. The first kappa shape index (κ1) is 15.6. The summed E-state index contributed by atoms with van der Waals surface area (Å²) in [6.45, 7) is 0.447. The molecule has 0 unspecified atom stereocenters. The van der Waals surface area contributed by atoms with Crippen molar-refractivity contribution in [2.45, 2.75) is 44.6 Å². The molecule has 0 heterocycles. The molecule has 0 bridgehead atoms. The number of ether oxygens (including phenoxy) is 1. The maximum Gasteiger partial charge on any atom is 0.335 e. The van der Waals surface area contributed by atoms with Crippen LogP contribution in [0.15, 0.2) is 48.5 Å². The van der Waals surface area contributed by atoms with E-state index in [0.29, 0.717) is 18.1 Å². The molecule has 1 aliphatic rings. The minimum atomic E-state index is -0.907. The number of carboxylic acid groups (broad SMARTS) is 1. The zero-order valence-corrected chi connectivity index (χ0v) is 13.2. The number of rotatable bonds is 5. The Morgan fingerprint density at radius 2 is 1.61 bits per heavy atom. The van der Waals surface area contributed by atoms with Gasteiger partial charge in [-0.3, -0.25) is 0 Å². The van der Waals surface area contributed by atoms with Crippen LogP contribution in [0.25, 0.3) is 0 Å². The molecule has 2 aromatic rings. The smallest absolute Gasteiger partial charge is 0.335 e. The molecule has 0 aliphatic heterocycles. The van der Waals surface area contributed by atoms with Crippen molar-refractivity contribution in [2.75, 3.05) is 0 Å². The van der Waals surface area contributed by atoms with Crippen LogP contribution in [-0.4, -0.2) is 11.1 Å². The molecule has 0 amide bonds. The number of carbonyl (C=O) groups is 1. The lowest BCUT2D eigenvalue weighted by Crippen LogP contribution is -2.04. The Kier molecular flexibility index (Phi) is 4.96. The van der Waals surface area contributed by atoms with Crippen LogP contribution in [0.4, 0.5) is 0 Å². The molecule has 2 aromatic carbocycles. The van der Waals surface area contributed by atoms with Crippen molar-refractivity contribution in [1.82, 2.24) is 0 Å². The molecule has 3 rings (SSSR count). The van der Waals surface area contributed by atoms with Gasteiger partial charge >= 0.3 is 5.97 Å². The first-order chi connectivity index (χ1) is 11.2. The largest absolute Gasteiger partial charge is 0.489 e. The first-order valence-corrected chi connectivity index (χ1v) is 8.27. The molecule has 1 saturated carbocycles. The molecule has 3 nitrogen and oxygen atoms in total. The lowest BCUT2D eigenvalue weighted by atomic mass is 9.84. The quantitative estimate of drug-likeness (QED) is 0.844. The minimum Gasteiger partial charge on any atom is -0.489 e. The fraction of sp³-hybridized carbons (Fsp3) is 0.350. The highest BCUT2D eigenvalue weighted by Crippen LogP contribution is 2.33. The third-order valence-electron chi connectivity index (χ3n) is 4.56. The molecule has 1 N–H and O–H groups in total. The van der Waals surface area contributed by atoms with E-state index in [1.54, 1.807) is 24.3 Å². The summed E-state index contributed by atoms with van der Waals surface area (Å²) < 4.78 is 5.79. The van der Waals surface area contributed by atoms with Crippen molar-refractivity contribution < 1.29 is 14.6 Å². The minimum absolute atomic E-state index is 0.297. The van der Waals surface area contributed by atoms with Gasteiger partial charge in [-0.05, 0) is 54.2 Å². The molecule has 1 fully saturated rings. The van der Waals surface area contributed by atoms with Gasteiger partial charge in [-0.25, -0.2) is 4.79 Å². The van der Waals surface area contributed by atoms with E-state index in [-0.39, 0.29) is 0 Å². The SMILES string of the molecule is O=C(O)c1ccc(COc2ccc(C3CCCCC3)cc2)cc1. The zero-order chi connectivity index (χ0) is 16.1. The standard InChI is InChI=1S/C20H22O3/c21-20(22)18-8-6-15(7-9-18)14-23-19-12-10-17(11-13-19)16-4-2-1-3-5-16/h6-13,16H,1-5,14H2,(H,21,22). The Bertz CT molecular complexity index is 638. The summed E-state index contributed by atoms with van der Waals surface area (Å²) in [5.41, 5.74) is 2.68. The molecule has 3 heteroatoms. The maximum atomic E-state index is 10.8. The molecule has 0 radical (unpaired) electrons. The van der Waals surface area contributed by atoms with Gasteiger partial charge in [0.1, 0.15) is 12.4 Å². The average Bonchev–Trinajstić information content (AvgIpc) is 2.61.